The van der Waals surface area contributed by atoms with Gasteiger partial charge in [0.05, 0.1) is 5.52 Å². The van der Waals surface area contributed by atoms with E-state index in [0.717, 1.165) is 41.6 Å². The van der Waals surface area contributed by atoms with Crippen LogP contribution < -0.4 is 10.7 Å². The normalized spacial score (nSPS) is 11.7. The second kappa shape index (κ2) is 6.81. The molecule has 0 spiro atoms. The van der Waals surface area contributed by atoms with Crippen molar-refractivity contribution in [3.63, 3.8) is 0 Å². The molecule has 0 atom stereocenters. The van der Waals surface area contributed by atoms with Crippen molar-refractivity contribution in [3.8, 4) is 0 Å². The highest BCUT2D eigenvalue weighted by Crippen LogP contribution is 2.32. The minimum absolute atomic E-state index is 0.0414. The van der Waals surface area contributed by atoms with Crippen LogP contribution >= 0.6 is 0 Å². The monoisotopic (exact) mass is 345 g/mol. The van der Waals surface area contributed by atoms with Crippen LogP contribution in [0.5, 0.6) is 0 Å². The number of aromatic amines is 1. The van der Waals surface area contributed by atoms with Gasteiger partial charge in [0, 0.05) is 22.7 Å². The van der Waals surface area contributed by atoms with Gasteiger partial charge in [-0.1, -0.05) is 36.4 Å². The Morgan fingerprint density at radius 1 is 0.923 bits per heavy atom. The minimum Gasteiger partial charge on any atom is -0.371 e. The summed E-state index contributed by atoms with van der Waals surface area (Å²) < 4.78 is 0. The molecular weight excluding hydrogens is 322 g/mol. The van der Waals surface area contributed by atoms with E-state index >= 15 is 0 Å². The first-order valence-electron chi connectivity index (χ1n) is 8.99. The molecule has 4 rings (SSSR count). The summed E-state index contributed by atoms with van der Waals surface area (Å²) in [4.78, 5) is 17.5. The van der Waals surface area contributed by atoms with Crippen LogP contribution in [0.25, 0.3) is 32.4 Å². The summed E-state index contributed by atoms with van der Waals surface area (Å²) in [5.41, 5.74) is 1.11. The van der Waals surface area contributed by atoms with Crippen LogP contribution in [-0.2, 0) is 0 Å². The Morgan fingerprint density at radius 3 is 2.50 bits per heavy atom. The number of nitrogens with zero attached hydrogens (tertiary/aromatic N) is 1. The SMILES string of the molecule is CN(C)CCCNc1[nH]c2c3ccc(=O)cc3ccc2c2ccccc12. The van der Waals surface area contributed by atoms with Crippen molar-refractivity contribution >= 4 is 38.3 Å². The third kappa shape index (κ3) is 3.04. The van der Waals surface area contributed by atoms with Gasteiger partial charge in [0.15, 0.2) is 5.43 Å². The average Bonchev–Trinajstić information content (AvgIpc) is 2.64. The van der Waals surface area contributed by atoms with Crippen LogP contribution in [-0.4, -0.2) is 37.1 Å². The van der Waals surface area contributed by atoms with Gasteiger partial charge < -0.3 is 15.2 Å². The average molecular weight is 345 g/mol. The van der Waals surface area contributed by atoms with Crippen LogP contribution in [0, 0.1) is 0 Å². The van der Waals surface area contributed by atoms with E-state index in [-0.39, 0.29) is 5.43 Å². The summed E-state index contributed by atoms with van der Waals surface area (Å²) in [5, 5.41) is 9.18. The number of rotatable bonds is 5. The summed E-state index contributed by atoms with van der Waals surface area (Å²) in [6, 6.07) is 17.8. The molecule has 1 heterocycles. The Kier molecular flexibility index (Phi) is 4.35. The van der Waals surface area contributed by atoms with Crippen molar-refractivity contribution in [2.75, 3.05) is 32.5 Å². The minimum atomic E-state index is 0.0414. The number of anilines is 1. The summed E-state index contributed by atoms with van der Waals surface area (Å²) in [6.07, 6.45) is 1.07. The number of benzene rings is 3. The topological polar surface area (TPSA) is 48.1 Å². The van der Waals surface area contributed by atoms with Gasteiger partial charge in [-0.3, -0.25) is 4.79 Å². The number of hydrogen-bond acceptors (Lipinski definition) is 3. The molecule has 0 bridgehead atoms. The third-order valence-corrected chi connectivity index (χ3v) is 4.81. The van der Waals surface area contributed by atoms with Gasteiger partial charge in [0.1, 0.15) is 5.82 Å². The first-order valence-corrected chi connectivity index (χ1v) is 8.99. The number of fused-ring (bicyclic) bond motifs is 5. The second-order valence-electron chi connectivity index (χ2n) is 7.00. The highest BCUT2D eigenvalue weighted by molar-refractivity contribution is 6.17. The lowest BCUT2D eigenvalue weighted by molar-refractivity contribution is 0.405. The number of aromatic nitrogens is 1. The van der Waals surface area contributed by atoms with Crippen molar-refractivity contribution in [1.82, 2.24) is 9.88 Å². The molecule has 0 radical (unpaired) electrons. The van der Waals surface area contributed by atoms with E-state index in [1.54, 1.807) is 12.1 Å². The molecule has 0 aliphatic rings. The lowest BCUT2D eigenvalue weighted by Gasteiger charge is -2.15. The second-order valence-corrected chi connectivity index (χ2v) is 7.00. The molecule has 1 aromatic heterocycles. The Morgan fingerprint density at radius 2 is 1.69 bits per heavy atom. The summed E-state index contributed by atoms with van der Waals surface area (Å²) >= 11 is 0. The van der Waals surface area contributed by atoms with Crippen LogP contribution in [0.2, 0.25) is 0 Å². The van der Waals surface area contributed by atoms with E-state index in [4.69, 9.17) is 0 Å². The Labute approximate surface area is 152 Å². The molecule has 4 aromatic rings. The van der Waals surface area contributed by atoms with Gasteiger partial charge in [0.25, 0.3) is 0 Å². The zero-order valence-corrected chi connectivity index (χ0v) is 15.2. The molecule has 0 aliphatic carbocycles. The first kappa shape index (κ1) is 16.6. The van der Waals surface area contributed by atoms with Crippen molar-refractivity contribution < 1.29 is 0 Å². The standard InChI is InChI=1S/C22H23N3O/c1-25(2)13-5-12-23-22-20-7-4-3-6-18(20)19-10-8-15-14-16(26)9-11-17(15)21(19)24-22/h3-4,6-11,14,23-24H,5,12-13H2,1-2H3. The molecule has 0 unspecified atom stereocenters. The Balaban J connectivity index is 1.88. The smallest absolute Gasteiger partial charge is 0.179 e. The molecule has 0 fully saturated rings. The number of pyridine rings is 1. The van der Waals surface area contributed by atoms with Gasteiger partial charge in [0.2, 0.25) is 0 Å². The molecule has 4 heteroatoms. The highest BCUT2D eigenvalue weighted by atomic mass is 16.1. The van der Waals surface area contributed by atoms with Crippen LogP contribution in [0.4, 0.5) is 5.82 Å². The van der Waals surface area contributed by atoms with Crippen molar-refractivity contribution in [2.24, 2.45) is 0 Å². The van der Waals surface area contributed by atoms with E-state index in [2.05, 4.69) is 59.6 Å². The number of hydrogen-bond donors (Lipinski definition) is 2. The maximum Gasteiger partial charge on any atom is 0.179 e. The quantitative estimate of drug-likeness (QED) is 0.421. The first-order chi connectivity index (χ1) is 12.6. The summed E-state index contributed by atoms with van der Waals surface area (Å²) in [5.74, 6) is 1.03. The van der Waals surface area contributed by atoms with Crippen LogP contribution in [0.1, 0.15) is 6.42 Å². The van der Waals surface area contributed by atoms with Crippen molar-refractivity contribution in [3.05, 3.63) is 64.8 Å². The van der Waals surface area contributed by atoms with E-state index < -0.39 is 0 Å². The number of nitrogens with one attached hydrogen (secondary N) is 2. The molecule has 0 saturated carbocycles. The van der Waals surface area contributed by atoms with Gasteiger partial charge in [-0.25, -0.2) is 0 Å². The summed E-state index contributed by atoms with van der Waals surface area (Å²) in [7, 11) is 4.18. The molecule has 2 N–H and O–H groups in total. The Bertz CT molecular complexity index is 1140. The molecule has 0 aliphatic heterocycles. The lowest BCUT2D eigenvalue weighted by Crippen LogP contribution is -2.16. The molecule has 0 saturated heterocycles. The third-order valence-electron chi connectivity index (χ3n) is 4.81. The predicted octanol–water partition coefficient (Wildman–Crippen LogP) is 4.20. The zero-order chi connectivity index (χ0) is 18.1. The van der Waals surface area contributed by atoms with Crippen LogP contribution in [0.3, 0.4) is 0 Å². The largest absolute Gasteiger partial charge is 0.371 e. The van der Waals surface area contributed by atoms with E-state index in [9.17, 15) is 4.79 Å². The molecule has 132 valence electrons. The van der Waals surface area contributed by atoms with Gasteiger partial charge in [-0.15, -0.1) is 0 Å². The fraction of sp³-hybridized carbons (Fsp3) is 0.227. The van der Waals surface area contributed by atoms with E-state index in [1.165, 1.54) is 16.2 Å². The fourth-order valence-corrected chi connectivity index (χ4v) is 3.54. The lowest BCUT2D eigenvalue weighted by atomic mass is 10.0. The van der Waals surface area contributed by atoms with E-state index in [1.807, 2.05) is 12.1 Å². The van der Waals surface area contributed by atoms with Crippen molar-refractivity contribution in [2.45, 2.75) is 6.42 Å². The van der Waals surface area contributed by atoms with Gasteiger partial charge in [-0.05, 0) is 56.0 Å². The van der Waals surface area contributed by atoms with Gasteiger partial charge >= 0.3 is 0 Å². The van der Waals surface area contributed by atoms with E-state index in [0.29, 0.717) is 0 Å². The van der Waals surface area contributed by atoms with Crippen LogP contribution in [0.15, 0.2) is 59.4 Å². The maximum absolute atomic E-state index is 11.7. The highest BCUT2D eigenvalue weighted by Gasteiger charge is 2.09. The molecule has 26 heavy (non-hydrogen) atoms. The predicted molar refractivity (Wildman–Crippen MR) is 111 cm³/mol. The molecule has 3 aromatic carbocycles. The summed E-state index contributed by atoms with van der Waals surface area (Å²) in [6.45, 7) is 1.95. The van der Waals surface area contributed by atoms with Gasteiger partial charge in [-0.2, -0.15) is 0 Å². The fourth-order valence-electron chi connectivity index (χ4n) is 3.54. The van der Waals surface area contributed by atoms with Crippen molar-refractivity contribution in [1.29, 1.82) is 0 Å². The maximum atomic E-state index is 11.7. The molecular formula is C22H23N3O. The molecule has 4 nitrogen and oxygen atoms in total. The number of H-pyrrole nitrogens is 1. The zero-order valence-electron chi connectivity index (χ0n) is 15.2. The Hall–Kier alpha value is -2.85. The molecule has 0 amide bonds.